The zero-order chi connectivity index (χ0) is 30.2. The second-order valence-corrected chi connectivity index (χ2v) is 12.8. The van der Waals surface area contributed by atoms with E-state index in [1.165, 1.54) is 17.0 Å². The molecule has 0 saturated heterocycles. The van der Waals surface area contributed by atoms with Gasteiger partial charge in [-0.15, -0.1) is 0 Å². The monoisotopic (exact) mass is 597 g/mol. The molecule has 7 nitrogen and oxygen atoms in total. The van der Waals surface area contributed by atoms with Gasteiger partial charge in [0.1, 0.15) is 12.6 Å². The maximum atomic E-state index is 14.0. The third-order valence-corrected chi connectivity index (χ3v) is 9.00. The molecular formula is C32H40ClN3O4S. The number of aryl methyl sites for hydroxylation is 1. The van der Waals surface area contributed by atoms with Gasteiger partial charge in [-0.2, -0.15) is 0 Å². The SMILES string of the molecule is CCCCNC(=O)[C@@H](C)N(Cc1cccc(Cl)c1)C(=O)CN(c1ccc(C(C)C)cc1)S(=O)(=O)c1ccc(C)cc1. The van der Waals surface area contributed by atoms with E-state index in [-0.39, 0.29) is 23.3 Å². The van der Waals surface area contributed by atoms with Gasteiger partial charge in [0.2, 0.25) is 11.8 Å². The first-order valence-electron chi connectivity index (χ1n) is 13.9. The fourth-order valence-electron chi connectivity index (χ4n) is 4.34. The lowest BCUT2D eigenvalue weighted by molar-refractivity contribution is -0.139. The summed E-state index contributed by atoms with van der Waals surface area (Å²) in [6, 6.07) is 19.9. The number of anilines is 1. The Balaban J connectivity index is 2.02. The Morgan fingerprint density at radius 1 is 0.951 bits per heavy atom. The average Bonchev–Trinajstić information content (AvgIpc) is 2.94. The minimum atomic E-state index is -4.11. The summed E-state index contributed by atoms with van der Waals surface area (Å²) in [5, 5.41) is 3.39. The van der Waals surface area contributed by atoms with Crippen LogP contribution in [-0.2, 0) is 26.2 Å². The molecule has 0 saturated carbocycles. The van der Waals surface area contributed by atoms with Crippen molar-refractivity contribution in [3.05, 3.63) is 94.5 Å². The second-order valence-electron chi connectivity index (χ2n) is 10.5. The lowest BCUT2D eigenvalue weighted by Crippen LogP contribution is -2.51. The van der Waals surface area contributed by atoms with Crippen molar-refractivity contribution in [1.82, 2.24) is 10.2 Å². The maximum absolute atomic E-state index is 14.0. The van der Waals surface area contributed by atoms with Crippen LogP contribution in [0.2, 0.25) is 5.02 Å². The van der Waals surface area contributed by atoms with Gasteiger partial charge in [0.15, 0.2) is 0 Å². The van der Waals surface area contributed by atoms with E-state index in [4.69, 9.17) is 11.6 Å². The molecule has 0 fully saturated rings. The third-order valence-electron chi connectivity index (χ3n) is 6.97. The van der Waals surface area contributed by atoms with Crippen LogP contribution in [0.4, 0.5) is 5.69 Å². The topological polar surface area (TPSA) is 86.8 Å². The number of amides is 2. The molecule has 0 aromatic heterocycles. The highest BCUT2D eigenvalue weighted by Gasteiger charge is 2.32. The van der Waals surface area contributed by atoms with Gasteiger partial charge in [-0.3, -0.25) is 13.9 Å². The molecule has 41 heavy (non-hydrogen) atoms. The van der Waals surface area contributed by atoms with Crippen LogP contribution >= 0.6 is 11.6 Å². The number of nitrogens with one attached hydrogen (secondary N) is 1. The van der Waals surface area contributed by atoms with Crippen molar-refractivity contribution in [2.45, 2.75) is 70.9 Å². The van der Waals surface area contributed by atoms with Crippen LogP contribution in [-0.4, -0.2) is 44.3 Å². The summed E-state index contributed by atoms with van der Waals surface area (Å²) in [6.07, 6.45) is 1.73. The summed E-state index contributed by atoms with van der Waals surface area (Å²) >= 11 is 6.20. The van der Waals surface area contributed by atoms with Gasteiger partial charge in [0.05, 0.1) is 10.6 Å². The predicted molar refractivity (Wildman–Crippen MR) is 166 cm³/mol. The minimum Gasteiger partial charge on any atom is -0.354 e. The normalized spacial score (nSPS) is 12.2. The largest absolute Gasteiger partial charge is 0.354 e. The average molecular weight is 598 g/mol. The van der Waals surface area contributed by atoms with E-state index in [0.717, 1.165) is 33.8 Å². The summed E-state index contributed by atoms with van der Waals surface area (Å²) in [7, 11) is -4.11. The fourth-order valence-corrected chi connectivity index (χ4v) is 5.97. The fraction of sp³-hybridized carbons (Fsp3) is 0.375. The van der Waals surface area contributed by atoms with Crippen LogP contribution in [0.1, 0.15) is 63.1 Å². The van der Waals surface area contributed by atoms with E-state index in [1.807, 2.05) is 32.0 Å². The number of carbonyl (C=O) groups excluding carboxylic acids is 2. The van der Waals surface area contributed by atoms with Crippen LogP contribution in [0, 0.1) is 6.92 Å². The van der Waals surface area contributed by atoms with Gasteiger partial charge in [-0.1, -0.05) is 80.8 Å². The lowest BCUT2D eigenvalue weighted by Gasteiger charge is -2.32. The van der Waals surface area contributed by atoms with Gasteiger partial charge < -0.3 is 10.2 Å². The van der Waals surface area contributed by atoms with Crippen LogP contribution in [0.15, 0.2) is 77.7 Å². The zero-order valence-corrected chi connectivity index (χ0v) is 26.0. The third kappa shape index (κ3) is 8.57. The van der Waals surface area contributed by atoms with Crippen LogP contribution < -0.4 is 9.62 Å². The van der Waals surface area contributed by atoms with Crippen LogP contribution in [0.25, 0.3) is 0 Å². The number of halogens is 1. The van der Waals surface area contributed by atoms with E-state index in [1.54, 1.807) is 49.4 Å². The molecule has 2 amide bonds. The number of hydrogen-bond donors (Lipinski definition) is 1. The first-order chi connectivity index (χ1) is 19.4. The van der Waals surface area contributed by atoms with Gasteiger partial charge in [0, 0.05) is 18.1 Å². The van der Waals surface area contributed by atoms with Crippen molar-refractivity contribution in [3.63, 3.8) is 0 Å². The molecule has 1 atom stereocenters. The highest BCUT2D eigenvalue weighted by atomic mass is 35.5. The number of rotatable bonds is 13. The molecule has 9 heteroatoms. The predicted octanol–water partition coefficient (Wildman–Crippen LogP) is 6.30. The molecule has 1 N–H and O–H groups in total. The van der Waals surface area contributed by atoms with Gasteiger partial charge in [-0.25, -0.2) is 8.42 Å². The van der Waals surface area contributed by atoms with Gasteiger partial charge in [0.25, 0.3) is 10.0 Å². The zero-order valence-electron chi connectivity index (χ0n) is 24.4. The van der Waals surface area contributed by atoms with Crippen molar-refractivity contribution < 1.29 is 18.0 Å². The molecule has 0 bridgehead atoms. The molecule has 3 aromatic rings. The van der Waals surface area contributed by atoms with E-state index < -0.39 is 28.5 Å². The smallest absolute Gasteiger partial charge is 0.264 e. The van der Waals surface area contributed by atoms with Gasteiger partial charge in [-0.05, 0) is 73.7 Å². The van der Waals surface area contributed by atoms with Crippen molar-refractivity contribution in [2.24, 2.45) is 0 Å². The van der Waals surface area contributed by atoms with Gasteiger partial charge >= 0.3 is 0 Å². The van der Waals surface area contributed by atoms with Crippen molar-refractivity contribution >= 4 is 39.1 Å². The summed E-state index contributed by atoms with van der Waals surface area (Å²) in [4.78, 5) is 28.6. The molecule has 0 heterocycles. The number of hydrogen-bond acceptors (Lipinski definition) is 4. The second kappa shape index (κ2) is 14.5. The first kappa shape index (κ1) is 32.2. The lowest BCUT2D eigenvalue weighted by atomic mass is 10.0. The van der Waals surface area contributed by atoms with Crippen molar-refractivity contribution in [2.75, 3.05) is 17.4 Å². The quantitative estimate of drug-likeness (QED) is 0.234. The van der Waals surface area contributed by atoms with Crippen LogP contribution in [0.3, 0.4) is 0 Å². The molecule has 3 rings (SSSR count). The number of unbranched alkanes of at least 4 members (excludes halogenated alkanes) is 1. The number of benzene rings is 3. The standard InChI is InChI=1S/C32H40ClN3O4S/c1-6-7-19-34-32(38)25(5)35(21-26-9-8-10-28(33)20-26)31(37)22-36(29-15-13-27(14-16-29)23(2)3)41(39,40)30-17-11-24(4)12-18-30/h8-18,20,23,25H,6-7,19,21-22H2,1-5H3,(H,34,38)/t25-/m1/s1. The summed E-state index contributed by atoms with van der Waals surface area (Å²) in [6.45, 7) is 9.77. The van der Waals surface area contributed by atoms with E-state index in [0.29, 0.717) is 17.3 Å². The van der Waals surface area contributed by atoms with E-state index in [9.17, 15) is 18.0 Å². The van der Waals surface area contributed by atoms with E-state index >= 15 is 0 Å². The molecule has 0 aliphatic rings. The Morgan fingerprint density at radius 2 is 1.61 bits per heavy atom. The van der Waals surface area contributed by atoms with Crippen LogP contribution in [0.5, 0.6) is 0 Å². The van der Waals surface area contributed by atoms with Crippen molar-refractivity contribution in [3.8, 4) is 0 Å². The molecule has 0 aliphatic carbocycles. The Bertz CT molecular complexity index is 1420. The molecular weight excluding hydrogens is 558 g/mol. The Kier molecular flexibility index (Phi) is 11.4. The Morgan fingerprint density at radius 3 is 2.20 bits per heavy atom. The number of sulfonamides is 1. The molecule has 0 unspecified atom stereocenters. The number of nitrogens with zero attached hydrogens (tertiary/aromatic N) is 2. The molecule has 3 aromatic carbocycles. The molecule has 0 radical (unpaired) electrons. The highest BCUT2D eigenvalue weighted by Crippen LogP contribution is 2.27. The molecule has 0 spiro atoms. The minimum absolute atomic E-state index is 0.0792. The molecule has 220 valence electrons. The molecule has 0 aliphatic heterocycles. The summed E-state index contributed by atoms with van der Waals surface area (Å²) in [5.41, 5.74) is 3.07. The Hall–Kier alpha value is -3.36. The maximum Gasteiger partial charge on any atom is 0.264 e. The summed E-state index contributed by atoms with van der Waals surface area (Å²) in [5.74, 6) is -0.553. The first-order valence-corrected chi connectivity index (χ1v) is 15.8. The van der Waals surface area contributed by atoms with E-state index in [2.05, 4.69) is 19.2 Å². The number of carbonyl (C=O) groups is 2. The Labute approximate surface area is 249 Å². The summed E-state index contributed by atoms with van der Waals surface area (Å²) < 4.78 is 29.0. The highest BCUT2D eigenvalue weighted by molar-refractivity contribution is 7.92. The van der Waals surface area contributed by atoms with Crippen molar-refractivity contribution in [1.29, 1.82) is 0 Å².